The van der Waals surface area contributed by atoms with Gasteiger partial charge in [-0.15, -0.1) is 0 Å². The lowest BCUT2D eigenvalue weighted by Crippen LogP contribution is -2.38. The third-order valence-electron chi connectivity index (χ3n) is 10.0. The van der Waals surface area contributed by atoms with E-state index >= 15 is 0 Å². The van der Waals surface area contributed by atoms with Gasteiger partial charge in [0.2, 0.25) is 0 Å². The molecule has 1 heterocycles. The van der Waals surface area contributed by atoms with Crippen LogP contribution < -0.4 is 0 Å². The van der Waals surface area contributed by atoms with Gasteiger partial charge in [-0.05, 0) is 96.8 Å². The molecule has 0 aromatic heterocycles. The summed E-state index contributed by atoms with van der Waals surface area (Å²) in [4.78, 5) is 5.42. The van der Waals surface area contributed by atoms with Crippen LogP contribution in [-0.4, -0.2) is 62.3 Å². The molecule has 0 aliphatic carbocycles. The molecule has 1 aliphatic rings. The van der Waals surface area contributed by atoms with Crippen LogP contribution in [0.1, 0.15) is 200 Å². The van der Waals surface area contributed by atoms with E-state index in [0.29, 0.717) is 0 Å². The van der Waals surface area contributed by atoms with Crippen molar-refractivity contribution < 1.29 is 4.74 Å². The van der Waals surface area contributed by atoms with E-state index in [1.807, 2.05) is 0 Å². The summed E-state index contributed by atoms with van der Waals surface area (Å²) in [6.45, 7) is 13.9. The Morgan fingerprint density at radius 3 is 1.13 bits per heavy atom. The molecule has 46 heavy (non-hydrogen) atoms. The summed E-state index contributed by atoms with van der Waals surface area (Å²) in [5.41, 5.74) is 0. The van der Waals surface area contributed by atoms with Gasteiger partial charge in [0.1, 0.15) is 0 Å². The summed E-state index contributed by atoms with van der Waals surface area (Å²) in [7, 11) is 0. The summed E-state index contributed by atoms with van der Waals surface area (Å²) >= 11 is 0. The van der Waals surface area contributed by atoms with E-state index in [1.165, 1.54) is 212 Å². The van der Waals surface area contributed by atoms with Crippen molar-refractivity contribution in [3.63, 3.8) is 0 Å². The predicted molar refractivity (Wildman–Crippen MR) is 207 cm³/mol. The first-order valence-electron chi connectivity index (χ1n) is 21.2. The molecule has 1 saturated heterocycles. The summed E-state index contributed by atoms with van der Waals surface area (Å²) in [5, 5.41) is 0. The summed E-state index contributed by atoms with van der Waals surface area (Å²) in [6.07, 6.45) is 50.2. The van der Waals surface area contributed by atoms with E-state index in [2.05, 4.69) is 48.0 Å². The van der Waals surface area contributed by atoms with Crippen LogP contribution in [0.3, 0.4) is 0 Å². The van der Waals surface area contributed by atoms with Crippen LogP contribution in [0.5, 0.6) is 0 Å². The maximum Gasteiger partial charge on any atom is 0.0594 e. The van der Waals surface area contributed by atoms with Crippen LogP contribution in [0.25, 0.3) is 0 Å². The lowest BCUT2D eigenvalue weighted by molar-refractivity contribution is 0.0360. The fourth-order valence-corrected chi connectivity index (χ4v) is 6.84. The van der Waals surface area contributed by atoms with Gasteiger partial charge in [0.25, 0.3) is 0 Å². The first-order valence-corrected chi connectivity index (χ1v) is 21.2. The minimum absolute atomic E-state index is 0.925. The van der Waals surface area contributed by atoms with Crippen molar-refractivity contribution in [3.8, 4) is 0 Å². The monoisotopic (exact) mass is 645 g/mol. The zero-order valence-electron chi connectivity index (χ0n) is 31.8. The third-order valence-corrected chi connectivity index (χ3v) is 10.0. The quantitative estimate of drug-likeness (QED) is 0.0498. The molecule has 0 unspecified atom stereocenters. The minimum Gasteiger partial charge on any atom is -0.379 e. The summed E-state index contributed by atoms with van der Waals surface area (Å²) < 4.78 is 5.55. The largest absolute Gasteiger partial charge is 0.379 e. The first-order chi connectivity index (χ1) is 22.9. The van der Waals surface area contributed by atoms with Crippen molar-refractivity contribution >= 4 is 0 Å². The molecular formula is C43H84N2O. The second-order valence-corrected chi connectivity index (χ2v) is 14.5. The highest BCUT2D eigenvalue weighted by molar-refractivity contribution is 4.82. The topological polar surface area (TPSA) is 15.7 Å². The van der Waals surface area contributed by atoms with E-state index in [4.69, 9.17) is 4.74 Å². The Morgan fingerprint density at radius 2 is 0.739 bits per heavy atom. The molecule has 1 rings (SSSR count). The second kappa shape index (κ2) is 37.2. The zero-order valence-corrected chi connectivity index (χ0v) is 31.8. The van der Waals surface area contributed by atoms with Crippen LogP contribution >= 0.6 is 0 Å². The highest BCUT2D eigenvalue weighted by Gasteiger charge is 2.11. The first kappa shape index (κ1) is 43.4. The Morgan fingerprint density at radius 1 is 0.413 bits per heavy atom. The molecule has 0 radical (unpaired) electrons. The molecule has 0 amide bonds. The fourth-order valence-electron chi connectivity index (χ4n) is 6.84. The molecule has 0 atom stereocenters. The molecule has 1 aliphatic heterocycles. The lowest BCUT2D eigenvalue weighted by Gasteiger charge is -2.28. The van der Waals surface area contributed by atoms with Crippen LogP contribution in [0.4, 0.5) is 0 Å². The Kier molecular flexibility index (Phi) is 35.1. The van der Waals surface area contributed by atoms with Gasteiger partial charge in [-0.2, -0.15) is 0 Å². The van der Waals surface area contributed by atoms with Crippen molar-refractivity contribution in [1.29, 1.82) is 0 Å². The molecular weight excluding hydrogens is 560 g/mol. The Hall–Kier alpha value is -0.640. The number of rotatable bonds is 36. The third kappa shape index (κ3) is 31.9. The van der Waals surface area contributed by atoms with Crippen LogP contribution in [0.15, 0.2) is 24.3 Å². The predicted octanol–water partition coefficient (Wildman–Crippen LogP) is 13.1. The average Bonchev–Trinajstić information content (AvgIpc) is 3.08. The van der Waals surface area contributed by atoms with E-state index in [1.54, 1.807) is 0 Å². The van der Waals surface area contributed by atoms with Crippen molar-refractivity contribution in [2.75, 3.05) is 52.5 Å². The van der Waals surface area contributed by atoms with Crippen molar-refractivity contribution in [3.05, 3.63) is 24.3 Å². The molecule has 0 saturated carbocycles. The molecule has 3 heteroatoms. The average molecular weight is 645 g/mol. The van der Waals surface area contributed by atoms with Gasteiger partial charge in [0.05, 0.1) is 13.2 Å². The van der Waals surface area contributed by atoms with Gasteiger partial charge in [0, 0.05) is 13.1 Å². The van der Waals surface area contributed by atoms with Crippen molar-refractivity contribution in [1.82, 2.24) is 9.80 Å². The molecule has 0 spiro atoms. The van der Waals surface area contributed by atoms with Crippen molar-refractivity contribution in [2.24, 2.45) is 0 Å². The summed E-state index contributed by atoms with van der Waals surface area (Å²) in [6, 6.07) is 0. The maximum absolute atomic E-state index is 5.55. The van der Waals surface area contributed by atoms with E-state index in [-0.39, 0.29) is 0 Å². The lowest BCUT2D eigenvalue weighted by atomic mass is 10.1. The van der Waals surface area contributed by atoms with Gasteiger partial charge in [-0.1, -0.05) is 154 Å². The number of nitrogens with zero attached hydrogens (tertiary/aromatic N) is 2. The number of morpholine rings is 1. The van der Waals surface area contributed by atoms with Crippen LogP contribution in [0.2, 0.25) is 0 Å². The Balaban J connectivity index is 2.05. The van der Waals surface area contributed by atoms with Gasteiger partial charge >= 0.3 is 0 Å². The molecule has 0 aromatic carbocycles. The summed E-state index contributed by atoms with van der Waals surface area (Å²) in [5.74, 6) is 0. The number of hydrogen-bond donors (Lipinski definition) is 0. The number of hydrogen-bond acceptors (Lipinski definition) is 3. The molecule has 0 aromatic rings. The number of unbranched alkanes of at least 4 members (excludes halogenated alkanes) is 24. The Bertz CT molecular complexity index is 584. The van der Waals surface area contributed by atoms with E-state index in [9.17, 15) is 0 Å². The van der Waals surface area contributed by atoms with Gasteiger partial charge in [-0.25, -0.2) is 0 Å². The molecule has 0 N–H and O–H groups in total. The highest BCUT2D eigenvalue weighted by Crippen LogP contribution is 2.13. The van der Waals surface area contributed by atoms with E-state index < -0.39 is 0 Å². The van der Waals surface area contributed by atoms with Crippen molar-refractivity contribution in [2.45, 2.75) is 200 Å². The van der Waals surface area contributed by atoms with Crippen LogP contribution in [-0.2, 0) is 4.74 Å². The van der Waals surface area contributed by atoms with Gasteiger partial charge in [0.15, 0.2) is 0 Å². The normalized spacial score (nSPS) is 14.5. The maximum atomic E-state index is 5.55. The number of ether oxygens (including phenoxy) is 1. The van der Waals surface area contributed by atoms with Gasteiger partial charge < -0.3 is 9.64 Å². The van der Waals surface area contributed by atoms with Crippen LogP contribution in [0, 0.1) is 0 Å². The fraction of sp³-hybridized carbons (Fsp3) is 0.907. The minimum atomic E-state index is 0.925. The standard InChI is InChI=1S/C43H84N2O/c1-3-5-7-9-11-13-15-17-19-21-23-25-27-29-31-33-36-44(38-35-39-45-40-42-46-43-41-45)37-34-32-30-28-26-24-22-20-18-16-14-12-10-8-6-4-2/h17-20H,3-16,21-43H2,1-2H3/b19-17+,20-18+. The van der Waals surface area contributed by atoms with Gasteiger partial charge in [-0.3, -0.25) is 4.90 Å². The smallest absolute Gasteiger partial charge is 0.0594 e. The molecule has 1 fully saturated rings. The second-order valence-electron chi connectivity index (χ2n) is 14.5. The Labute approximate surface area is 290 Å². The van der Waals surface area contributed by atoms with E-state index in [0.717, 1.165) is 26.3 Å². The number of allylic oxidation sites excluding steroid dienone is 4. The molecule has 0 bridgehead atoms. The zero-order chi connectivity index (χ0) is 32.9. The SMILES string of the molecule is CCCCCCCC/C=C/CCCCCCCCN(CCCCCCCC/C=C/CCCCCCCC)CCCN1CCOCC1. The molecule has 272 valence electrons. The molecule has 3 nitrogen and oxygen atoms in total. The highest BCUT2D eigenvalue weighted by atomic mass is 16.5.